The molecule has 0 aliphatic carbocycles. The summed E-state index contributed by atoms with van der Waals surface area (Å²) in [5.41, 5.74) is 0.662. The fourth-order valence-electron chi connectivity index (χ4n) is 2.07. The number of benzene rings is 2. The van der Waals surface area contributed by atoms with Crippen LogP contribution in [-0.4, -0.2) is 12.3 Å². The highest BCUT2D eigenvalue weighted by Gasteiger charge is 2.15. The van der Waals surface area contributed by atoms with E-state index < -0.39 is 0 Å². The number of rotatable bonds is 7. The Hall–Kier alpha value is -1.39. The van der Waals surface area contributed by atoms with E-state index in [1.807, 2.05) is 12.1 Å². The minimum absolute atomic E-state index is 0.0839. The van der Waals surface area contributed by atoms with Crippen LogP contribution < -0.4 is 5.32 Å². The maximum Gasteiger partial charge on any atom is 0.128 e. The van der Waals surface area contributed by atoms with Gasteiger partial charge in [0.2, 0.25) is 0 Å². The molecule has 0 aliphatic heterocycles. The molecule has 112 valence electrons. The summed E-state index contributed by atoms with van der Waals surface area (Å²) in [6, 6.07) is 13.2. The number of hydrogen-bond donors (Lipinski definition) is 1. The first-order chi connectivity index (χ1) is 10.2. The van der Waals surface area contributed by atoms with Crippen molar-refractivity contribution in [3.05, 3.63) is 65.7 Å². The Labute approximate surface area is 128 Å². The van der Waals surface area contributed by atoms with Crippen LogP contribution in [0, 0.1) is 11.6 Å². The van der Waals surface area contributed by atoms with E-state index >= 15 is 0 Å². The third-order valence-corrected chi connectivity index (χ3v) is 4.22. The highest BCUT2D eigenvalue weighted by molar-refractivity contribution is 7.99. The first-order valence-corrected chi connectivity index (χ1v) is 8.05. The van der Waals surface area contributed by atoms with Crippen LogP contribution in [0.15, 0.2) is 53.4 Å². The molecule has 1 atom stereocenters. The second-order valence-corrected chi connectivity index (χ2v) is 5.89. The summed E-state index contributed by atoms with van der Waals surface area (Å²) in [6.45, 7) is 2.90. The van der Waals surface area contributed by atoms with E-state index in [0.29, 0.717) is 11.3 Å². The molecule has 0 heterocycles. The molecule has 0 amide bonds. The fourth-order valence-corrected chi connectivity index (χ4v) is 3.10. The normalized spacial score (nSPS) is 12.3. The van der Waals surface area contributed by atoms with Gasteiger partial charge in [-0.3, -0.25) is 0 Å². The summed E-state index contributed by atoms with van der Waals surface area (Å²) in [4.78, 5) is 0.856. The Morgan fingerprint density at radius 3 is 2.62 bits per heavy atom. The quantitative estimate of drug-likeness (QED) is 0.738. The van der Waals surface area contributed by atoms with E-state index in [1.165, 1.54) is 30.0 Å². The van der Waals surface area contributed by atoms with Gasteiger partial charge in [0, 0.05) is 22.3 Å². The molecule has 4 heteroatoms. The average Bonchev–Trinajstić information content (AvgIpc) is 2.48. The molecule has 0 aromatic heterocycles. The largest absolute Gasteiger partial charge is 0.309 e. The van der Waals surface area contributed by atoms with Gasteiger partial charge in [0.05, 0.1) is 0 Å². The first kappa shape index (κ1) is 16.0. The number of hydrogen-bond acceptors (Lipinski definition) is 2. The van der Waals surface area contributed by atoms with E-state index in [9.17, 15) is 8.78 Å². The van der Waals surface area contributed by atoms with Gasteiger partial charge < -0.3 is 5.32 Å². The van der Waals surface area contributed by atoms with Crippen molar-refractivity contribution in [2.45, 2.75) is 24.3 Å². The van der Waals surface area contributed by atoms with E-state index in [2.05, 4.69) is 12.2 Å². The van der Waals surface area contributed by atoms with Gasteiger partial charge in [-0.25, -0.2) is 8.78 Å². The van der Waals surface area contributed by atoms with Crippen molar-refractivity contribution in [2.24, 2.45) is 0 Å². The van der Waals surface area contributed by atoms with Gasteiger partial charge in [-0.05, 0) is 37.2 Å². The Bertz CT molecular complexity index is 574. The van der Waals surface area contributed by atoms with Gasteiger partial charge in [-0.15, -0.1) is 11.8 Å². The Balaban J connectivity index is 2.08. The standard InChI is InChI=1S/C17H19F2NS/c1-2-10-20-17(15-8-3-4-9-16(15)19)12-21-14-7-5-6-13(18)11-14/h3-9,11,17,20H,2,10,12H2,1H3. The van der Waals surface area contributed by atoms with Gasteiger partial charge in [0.1, 0.15) is 11.6 Å². The van der Waals surface area contributed by atoms with E-state index in [0.717, 1.165) is 17.9 Å². The summed E-state index contributed by atoms with van der Waals surface area (Å²) < 4.78 is 27.1. The van der Waals surface area contributed by atoms with Crippen LogP contribution in [0.4, 0.5) is 8.78 Å². The molecule has 1 N–H and O–H groups in total. The SMILES string of the molecule is CCCNC(CSc1cccc(F)c1)c1ccccc1F. The fraction of sp³-hybridized carbons (Fsp3) is 0.294. The zero-order chi connectivity index (χ0) is 15.1. The molecule has 0 aliphatic rings. The van der Waals surface area contributed by atoms with Crippen LogP contribution in [0.3, 0.4) is 0 Å². The molecule has 0 saturated heterocycles. The Morgan fingerprint density at radius 2 is 1.90 bits per heavy atom. The van der Waals surface area contributed by atoms with Gasteiger partial charge in [-0.2, -0.15) is 0 Å². The zero-order valence-corrected chi connectivity index (χ0v) is 12.8. The third kappa shape index (κ3) is 4.83. The predicted molar refractivity (Wildman–Crippen MR) is 84.6 cm³/mol. The summed E-state index contributed by atoms with van der Waals surface area (Å²) >= 11 is 1.53. The number of thioether (sulfide) groups is 1. The van der Waals surface area contributed by atoms with Crippen molar-refractivity contribution in [3.63, 3.8) is 0 Å². The molecule has 0 spiro atoms. The van der Waals surface area contributed by atoms with Crippen molar-refractivity contribution < 1.29 is 8.78 Å². The van der Waals surface area contributed by atoms with E-state index in [-0.39, 0.29) is 17.7 Å². The number of nitrogens with one attached hydrogen (secondary N) is 1. The van der Waals surface area contributed by atoms with Gasteiger partial charge in [0.15, 0.2) is 0 Å². The molecule has 0 bridgehead atoms. The maximum absolute atomic E-state index is 13.9. The van der Waals surface area contributed by atoms with Gasteiger partial charge >= 0.3 is 0 Å². The lowest BCUT2D eigenvalue weighted by Gasteiger charge is -2.19. The topological polar surface area (TPSA) is 12.0 Å². The molecule has 1 nitrogen and oxygen atoms in total. The van der Waals surface area contributed by atoms with Crippen LogP contribution in [-0.2, 0) is 0 Å². The van der Waals surface area contributed by atoms with E-state index in [4.69, 9.17) is 0 Å². The second kappa shape index (κ2) is 8.15. The van der Waals surface area contributed by atoms with Crippen LogP contribution in [0.2, 0.25) is 0 Å². The molecule has 2 aromatic rings. The molecular weight excluding hydrogens is 288 g/mol. The third-order valence-electron chi connectivity index (χ3n) is 3.13. The first-order valence-electron chi connectivity index (χ1n) is 7.07. The minimum atomic E-state index is -0.246. The molecule has 2 rings (SSSR count). The second-order valence-electron chi connectivity index (χ2n) is 4.80. The highest BCUT2D eigenvalue weighted by atomic mass is 32.2. The van der Waals surface area contributed by atoms with Crippen LogP contribution in [0.25, 0.3) is 0 Å². The lowest BCUT2D eigenvalue weighted by atomic mass is 10.1. The van der Waals surface area contributed by atoms with Crippen molar-refractivity contribution in [2.75, 3.05) is 12.3 Å². The van der Waals surface area contributed by atoms with Crippen molar-refractivity contribution in [1.29, 1.82) is 0 Å². The molecule has 0 radical (unpaired) electrons. The molecular formula is C17H19F2NS. The lowest BCUT2D eigenvalue weighted by molar-refractivity contribution is 0.532. The minimum Gasteiger partial charge on any atom is -0.309 e. The lowest BCUT2D eigenvalue weighted by Crippen LogP contribution is -2.25. The maximum atomic E-state index is 13.9. The predicted octanol–water partition coefficient (Wildman–Crippen LogP) is 4.80. The van der Waals surface area contributed by atoms with Crippen LogP contribution in [0.1, 0.15) is 24.9 Å². The van der Waals surface area contributed by atoms with Gasteiger partial charge in [-0.1, -0.05) is 31.2 Å². The Kier molecular flexibility index (Phi) is 6.21. The summed E-state index contributed by atoms with van der Waals surface area (Å²) in [6.07, 6.45) is 0.982. The van der Waals surface area contributed by atoms with Gasteiger partial charge in [0.25, 0.3) is 0 Å². The van der Waals surface area contributed by atoms with Crippen LogP contribution >= 0.6 is 11.8 Å². The summed E-state index contributed by atoms with van der Waals surface area (Å²) in [5.74, 6) is 0.208. The molecule has 0 fully saturated rings. The smallest absolute Gasteiger partial charge is 0.128 e. The highest BCUT2D eigenvalue weighted by Crippen LogP contribution is 2.26. The van der Waals surface area contributed by atoms with Crippen molar-refractivity contribution in [1.82, 2.24) is 5.32 Å². The monoisotopic (exact) mass is 307 g/mol. The Morgan fingerprint density at radius 1 is 1.10 bits per heavy atom. The number of halogens is 2. The molecule has 1 unspecified atom stereocenters. The molecule has 2 aromatic carbocycles. The van der Waals surface area contributed by atoms with Crippen molar-refractivity contribution in [3.8, 4) is 0 Å². The average molecular weight is 307 g/mol. The van der Waals surface area contributed by atoms with Crippen LogP contribution in [0.5, 0.6) is 0 Å². The zero-order valence-electron chi connectivity index (χ0n) is 12.0. The van der Waals surface area contributed by atoms with Crippen molar-refractivity contribution >= 4 is 11.8 Å². The summed E-state index contributed by atoms with van der Waals surface area (Å²) in [5, 5.41) is 3.36. The molecule has 21 heavy (non-hydrogen) atoms. The van der Waals surface area contributed by atoms with E-state index in [1.54, 1.807) is 18.2 Å². The summed E-state index contributed by atoms with van der Waals surface area (Å²) in [7, 11) is 0. The molecule has 0 saturated carbocycles.